The van der Waals surface area contributed by atoms with Gasteiger partial charge in [0.15, 0.2) is 0 Å². The minimum atomic E-state index is -0.341. The molecule has 0 unspecified atom stereocenters. The second kappa shape index (κ2) is 5.44. The van der Waals surface area contributed by atoms with Gasteiger partial charge in [0.2, 0.25) is 0 Å². The van der Waals surface area contributed by atoms with Crippen molar-refractivity contribution in [3.63, 3.8) is 0 Å². The predicted molar refractivity (Wildman–Crippen MR) is 59.9 cm³/mol. The maximum Gasteiger partial charge on any atom is 0.333 e. The number of nitrogens with zero attached hydrogens (tertiary/aromatic N) is 3. The van der Waals surface area contributed by atoms with Crippen molar-refractivity contribution in [2.24, 2.45) is 0 Å². The summed E-state index contributed by atoms with van der Waals surface area (Å²) in [6, 6.07) is 0. The van der Waals surface area contributed by atoms with Crippen LogP contribution in [0, 0.1) is 13.8 Å². The molecule has 0 aliphatic rings. The van der Waals surface area contributed by atoms with Gasteiger partial charge in [0.05, 0.1) is 6.61 Å². The molecule has 0 radical (unpaired) electrons. The Labute approximate surface area is 95.1 Å². The van der Waals surface area contributed by atoms with E-state index in [-0.39, 0.29) is 5.97 Å². The summed E-state index contributed by atoms with van der Waals surface area (Å²) < 4.78 is 6.78. The highest BCUT2D eigenvalue weighted by atomic mass is 16.5. The Balaban J connectivity index is 2.29. The standard InChI is InChI=1S/C11H17N3O2/c1-8(2)11(15)16-7-5-6-14-10(4)12-9(3)13-14/h1,5-7H2,2-4H3. The van der Waals surface area contributed by atoms with E-state index in [1.165, 1.54) is 0 Å². The van der Waals surface area contributed by atoms with E-state index in [0.29, 0.717) is 18.7 Å². The van der Waals surface area contributed by atoms with E-state index in [9.17, 15) is 4.79 Å². The molecular weight excluding hydrogens is 206 g/mol. The minimum absolute atomic E-state index is 0.341. The Morgan fingerprint density at radius 1 is 1.50 bits per heavy atom. The molecule has 5 nitrogen and oxygen atoms in total. The van der Waals surface area contributed by atoms with E-state index in [2.05, 4.69) is 16.7 Å². The molecule has 0 spiro atoms. The quantitative estimate of drug-likeness (QED) is 0.430. The van der Waals surface area contributed by atoms with Crippen molar-refractivity contribution >= 4 is 5.97 Å². The van der Waals surface area contributed by atoms with Crippen LogP contribution in [-0.2, 0) is 16.1 Å². The number of hydrogen-bond acceptors (Lipinski definition) is 4. The third-order valence-electron chi connectivity index (χ3n) is 2.06. The van der Waals surface area contributed by atoms with Gasteiger partial charge in [0.25, 0.3) is 0 Å². The molecule has 0 fully saturated rings. The monoisotopic (exact) mass is 223 g/mol. The molecule has 0 aliphatic carbocycles. The lowest BCUT2D eigenvalue weighted by Crippen LogP contribution is -2.10. The second-order valence-electron chi connectivity index (χ2n) is 3.70. The molecule has 5 heteroatoms. The van der Waals surface area contributed by atoms with E-state index in [1.54, 1.807) is 6.92 Å². The lowest BCUT2D eigenvalue weighted by Gasteiger charge is -2.05. The van der Waals surface area contributed by atoms with Crippen LogP contribution in [0.3, 0.4) is 0 Å². The first-order valence-electron chi connectivity index (χ1n) is 5.21. The number of aryl methyl sites for hydroxylation is 3. The van der Waals surface area contributed by atoms with Gasteiger partial charge in [-0.1, -0.05) is 6.58 Å². The average molecular weight is 223 g/mol. The molecule has 0 aromatic carbocycles. The van der Waals surface area contributed by atoms with Crippen LogP contribution in [-0.4, -0.2) is 27.3 Å². The average Bonchev–Trinajstić information content (AvgIpc) is 2.51. The highest BCUT2D eigenvalue weighted by Crippen LogP contribution is 1.99. The molecule has 0 bridgehead atoms. The molecule has 1 heterocycles. The summed E-state index contributed by atoms with van der Waals surface area (Å²) in [7, 11) is 0. The van der Waals surface area contributed by atoms with Gasteiger partial charge in [-0.05, 0) is 20.8 Å². The van der Waals surface area contributed by atoms with Crippen molar-refractivity contribution in [3.05, 3.63) is 23.8 Å². The van der Waals surface area contributed by atoms with E-state index >= 15 is 0 Å². The zero-order valence-electron chi connectivity index (χ0n) is 9.99. The number of aromatic nitrogens is 3. The number of ether oxygens (including phenoxy) is 1. The lowest BCUT2D eigenvalue weighted by molar-refractivity contribution is -0.139. The third-order valence-corrected chi connectivity index (χ3v) is 2.06. The highest BCUT2D eigenvalue weighted by Gasteiger charge is 2.04. The van der Waals surface area contributed by atoms with Crippen LogP contribution in [0.4, 0.5) is 0 Å². The van der Waals surface area contributed by atoms with Gasteiger partial charge >= 0.3 is 5.97 Å². The van der Waals surface area contributed by atoms with Gasteiger partial charge in [0, 0.05) is 18.5 Å². The molecule has 1 aromatic rings. The van der Waals surface area contributed by atoms with Crippen molar-refractivity contribution in [2.45, 2.75) is 33.7 Å². The molecule has 0 aliphatic heterocycles. The van der Waals surface area contributed by atoms with E-state index in [1.807, 2.05) is 18.5 Å². The topological polar surface area (TPSA) is 57.0 Å². The second-order valence-corrected chi connectivity index (χ2v) is 3.70. The summed E-state index contributed by atoms with van der Waals surface area (Å²) in [4.78, 5) is 15.3. The number of rotatable bonds is 5. The predicted octanol–water partition coefficient (Wildman–Crippen LogP) is 1.40. The van der Waals surface area contributed by atoms with Crippen molar-refractivity contribution in [3.8, 4) is 0 Å². The Morgan fingerprint density at radius 2 is 2.19 bits per heavy atom. The van der Waals surface area contributed by atoms with Crippen LogP contribution in [0.2, 0.25) is 0 Å². The fraction of sp³-hybridized carbons (Fsp3) is 0.545. The summed E-state index contributed by atoms with van der Waals surface area (Å²) in [5, 5.41) is 4.21. The molecule has 0 N–H and O–H groups in total. The molecule has 1 aromatic heterocycles. The van der Waals surface area contributed by atoms with Crippen molar-refractivity contribution in [1.82, 2.24) is 14.8 Å². The summed E-state index contributed by atoms with van der Waals surface area (Å²) >= 11 is 0. The van der Waals surface area contributed by atoms with Gasteiger partial charge in [-0.3, -0.25) is 0 Å². The molecule has 0 saturated carbocycles. The number of carbonyl (C=O) groups excluding carboxylic acids is 1. The molecule has 0 amide bonds. The number of hydrogen-bond donors (Lipinski definition) is 0. The van der Waals surface area contributed by atoms with Gasteiger partial charge in [-0.15, -0.1) is 0 Å². The van der Waals surface area contributed by atoms with Crippen LogP contribution in [0.5, 0.6) is 0 Å². The van der Waals surface area contributed by atoms with Crippen LogP contribution in [0.25, 0.3) is 0 Å². The van der Waals surface area contributed by atoms with Crippen molar-refractivity contribution < 1.29 is 9.53 Å². The van der Waals surface area contributed by atoms with Crippen LogP contribution in [0.15, 0.2) is 12.2 Å². The molecule has 88 valence electrons. The maximum absolute atomic E-state index is 11.1. The van der Waals surface area contributed by atoms with Gasteiger partial charge in [-0.25, -0.2) is 14.5 Å². The van der Waals surface area contributed by atoms with E-state index < -0.39 is 0 Å². The van der Waals surface area contributed by atoms with Crippen molar-refractivity contribution in [1.29, 1.82) is 0 Å². The smallest absolute Gasteiger partial charge is 0.333 e. The van der Waals surface area contributed by atoms with Gasteiger partial charge < -0.3 is 4.74 Å². The molecular formula is C11H17N3O2. The molecule has 1 rings (SSSR count). The van der Waals surface area contributed by atoms with E-state index in [4.69, 9.17) is 4.74 Å². The number of esters is 1. The first kappa shape index (κ1) is 12.4. The third kappa shape index (κ3) is 3.49. The fourth-order valence-electron chi connectivity index (χ4n) is 1.28. The zero-order valence-corrected chi connectivity index (χ0v) is 9.99. The zero-order chi connectivity index (χ0) is 12.1. The lowest BCUT2D eigenvalue weighted by atomic mass is 10.3. The SMILES string of the molecule is C=C(C)C(=O)OCCCn1nc(C)nc1C. The van der Waals surface area contributed by atoms with Gasteiger partial charge in [-0.2, -0.15) is 5.10 Å². The van der Waals surface area contributed by atoms with Crippen LogP contribution in [0.1, 0.15) is 25.0 Å². The Bertz CT molecular complexity index is 396. The van der Waals surface area contributed by atoms with E-state index in [0.717, 1.165) is 18.1 Å². The fourth-order valence-corrected chi connectivity index (χ4v) is 1.28. The normalized spacial score (nSPS) is 10.2. The van der Waals surface area contributed by atoms with Crippen LogP contribution >= 0.6 is 0 Å². The molecule has 16 heavy (non-hydrogen) atoms. The largest absolute Gasteiger partial charge is 0.462 e. The Morgan fingerprint density at radius 3 is 2.69 bits per heavy atom. The van der Waals surface area contributed by atoms with Crippen LogP contribution < -0.4 is 0 Å². The first-order chi connectivity index (χ1) is 7.50. The maximum atomic E-state index is 11.1. The Hall–Kier alpha value is -1.65. The first-order valence-corrected chi connectivity index (χ1v) is 5.21. The van der Waals surface area contributed by atoms with Crippen molar-refractivity contribution in [2.75, 3.05) is 6.61 Å². The molecule has 0 saturated heterocycles. The summed E-state index contributed by atoms with van der Waals surface area (Å²) in [5.74, 6) is 1.30. The summed E-state index contributed by atoms with van der Waals surface area (Å²) in [6.07, 6.45) is 0.725. The molecule has 0 atom stereocenters. The highest BCUT2D eigenvalue weighted by molar-refractivity contribution is 5.86. The minimum Gasteiger partial charge on any atom is -0.462 e. The number of carbonyl (C=O) groups is 1. The summed E-state index contributed by atoms with van der Waals surface area (Å²) in [5.41, 5.74) is 0.424. The van der Waals surface area contributed by atoms with Gasteiger partial charge in [0.1, 0.15) is 11.6 Å². The summed E-state index contributed by atoms with van der Waals surface area (Å²) in [6.45, 7) is 9.98. The Kier molecular flexibility index (Phi) is 4.22.